The molecule has 4 heterocycles. The van der Waals surface area contributed by atoms with Crippen LogP contribution in [0, 0.1) is 24.5 Å². The number of halogens is 3. The molecule has 2 aromatic carbocycles. The summed E-state index contributed by atoms with van der Waals surface area (Å²) in [6, 6.07) is 13.0. The van der Waals surface area contributed by atoms with E-state index in [4.69, 9.17) is 16.3 Å². The minimum absolute atomic E-state index is 0.0528. The maximum Gasteiger partial charge on any atom is 0.291 e. The number of hydrogen-bond donors (Lipinski definition) is 1. The molecular weight excluding hydrogens is 768 g/mol. The highest BCUT2D eigenvalue weighted by Crippen LogP contribution is 2.33. The van der Waals surface area contributed by atoms with E-state index in [-0.39, 0.29) is 51.0 Å². The molecule has 306 valence electrons. The molecule has 0 bridgehead atoms. The van der Waals surface area contributed by atoms with Crippen molar-refractivity contribution in [3.05, 3.63) is 100 Å². The number of carbonyl (C=O) groups is 3. The molecule has 1 fully saturated rings. The highest BCUT2D eigenvalue weighted by atomic mass is 35.5. The molecular formula is C42H48ClF2N9O4. The average Bonchev–Trinajstić information content (AvgIpc) is 3.79. The molecule has 0 saturated carbocycles. The van der Waals surface area contributed by atoms with E-state index in [1.807, 2.05) is 38.1 Å². The topological polar surface area (TPSA) is 131 Å². The van der Waals surface area contributed by atoms with Crippen LogP contribution in [0.15, 0.2) is 60.9 Å². The first kappa shape index (κ1) is 41.9. The Labute approximate surface area is 341 Å². The Balaban J connectivity index is 1.08. The van der Waals surface area contributed by atoms with E-state index in [1.54, 1.807) is 48.0 Å². The summed E-state index contributed by atoms with van der Waals surface area (Å²) in [5, 5.41) is 7.37. The molecule has 1 atom stereocenters. The maximum absolute atomic E-state index is 15.8. The monoisotopic (exact) mass is 815 g/mol. The quantitative estimate of drug-likeness (QED) is 0.137. The minimum Gasteiger partial charge on any atom is -0.481 e. The fourth-order valence-electron chi connectivity index (χ4n) is 7.09. The van der Waals surface area contributed by atoms with Crippen molar-refractivity contribution in [1.82, 2.24) is 39.0 Å². The van der Waals surface area contributed by atoms with Crippen molar-refractivity contribution in [2.24, 2.45) is 13.0 Å². The van der Waals surface area contributed by atoms with Crippen LogP contribution in [0.25, 0.3) is 22.4 Å². The van der Waals surface area contributed by atoms with Gasteiger partial charge < -0.3 is 29.3 Å². The summed E-state index contributed by atoms with van der Waals surface area (Å²) >= 11 is 6.56. The normalized spacial score (nSPS) is 13.6. The standard InChI is InChI=1S/C42H48ClF2N9O4/c1-7-27(15-17-50(3)4)41(56)52-19-21-53(22-20-52)42(57)31-12-11-29(23-34(31)43)48-40(55)39-46-24-35(51(39)5)32-14-13-30(37(44)38(32)45)33-25-54(49-26(33)2)18-16-28-9-8-10-36(47-28)58-6/h8-14,23-25,27H,7,15-22H2,1-6H3,(H,48,55). The van der Waals surface area contributed by atoms with Crippen molar-refractivity contribution in [1.29, 1.82) is 0 Å². The fraction of sp³-hybridized carbons (Fsp3) is 0.381. The predicted octanol–water partition coefficient (Wildman–Crippen LogP) is 6.35. The van der Waals surface area contributed by atoms with Crippen LogP contribution in [0.3, 0.4) is 0 Å². The number of hydrogen-bond acceptors (Lipinski definition) is 8. The van der Waals surface area contributed by atoms with Gasteiger partial charge in [0.2, 0.25) is 11.8 Å². The second-order valence-electron chi connectivity index (χ2n) is 14.6. The van der Waals surface area contributed by atoms with E-state index in [2.05, 4.69) is 25.3 Å². The number of rotatable bonds is 14. The zero-order valence-electron chi connectivity index (χ0n) is 33.6. The Kier molecular flexibility index (Phi) is 13.2. The van der Waals surface area contributed by atoms with Gasteiger partial charge in [0.1, 0.15) is 0 Å². The van der Waals surface area contributed by atoms with Crippen molar-refractivity contribution >= 4 is 35.0 Å². The number of nitrogens with one attached hydrogen (secondary N) is 1. The molecule has 0 spiro atoms. The van der Waals surface area contributed by atoms with Gasteiger partial charge in [0.25, 0.3) is 11.8 Å². The smallest absolute Gasteiger partial charge is 0.291 e. The number of ether oxygens (including phenoxy) is 1. The number of anilines is 1. The summed E-state index contributed by atoms with van der Waals surface area (Å²) in [5.41, 5.74) is 2.53. The number of benzene rings is 2. The van der Waals surface area contributed by atoms with E-state index < -0.39 is 17.5 Å². The molecule has 6 rings (SSSR count). The van der Waals surface area contributed by atoms with E-state index in [0.29, 0.717) is 62.0 Å². The van der Waals surface area contributed by atoms with Crippen LogP contribution in [0.5, 0.6) is 5.88 Å². The molecule has 3 amide bonds. The number of amides is 3. The average molecular weight is 816 g/mol. The molecule has 1 aliphatic rings. The Hall–Kier alpha value is -5.67. The molecule has 1 saturated heterocycles. The van der Waals surface area contributed by atoms with Gasteiger partial charge >= 0.3 is 0 Å². The molecule has 0 radical (unpaired) electrons. The fourth-order valence-corrected chi connectivity index (χ4v) is 7.35. The van der Waals surface area contributed by atoms with Crippen LogP contribution in [0.1, 0.15) is 52.1 Å². The summed E-state index contributed by atoms with van der Waals surface area (Å²) in [7, 11) is 7.06. The van der Waals surface area contributed by atoms with Crippen LogP contribution >= 0.6 is 11.6 Å². The van der Waals surface area contributed by atoms with Crippen molar-refractivity contribution in [3.8, 4) is 28.3 Å². The number of methoxy groups -OCH3 is 1. The lowest BCUT2D eigenvalue weighted by Gasteiger charge is -2.36. The lowest BCUT2D eigenvalue weighted by molar-refractivity contribution is -0.137. The van der Waals surface area contributed by atoms with Crippen LogP contribution in [0.4, 0.5) is 14.5 Å². The summed E-state index contributed by atoms with van der Waals surface area (Å²) in [4.78, 5) is 54.1. The van der Waals surface area contributed by atoms with E-state index in [1.165, 1.54) is 36.0 Å². The number of aromatic nitrogens is 5. The molecule has 16 heteroatoms. The van der Waals surface area contributed by atoms with Gasteiger partial charge in [-0.25, -0.2) is 18.7 Å². The second-order valence-corrected chi connectivity index (χ2v) is 15.0. The lowest BCUT2D eigenvalue weighted by Crippen LogP contribution is -2.52. The predicted molar refractivity (Wildman–Crippen MR) is 218 cm³/mol. The van der Waals surface area contributed by atoms with Gasteiger partial charge in [0.15, 0.2) is 17.5 Å². The van der Waals surface area contributed by atoms with Gasteiger partial charge in [-0.2, -0.15) is 5.10 Å². The first-order valence-corrected chi connectivity index (χ1v) is 19.5. The van der Waals surface area contributed by atoms with Crippen molar-refractivity contribution < 1.29 is 27.9 Å². The zero-order chi connectivity index (χ0) is 41.7. The highest BCUT2D eigenvalue weighted by molar-refractivity contribution is 6.34. The molecule has 5 aromatic rings. The molecule has 58 heavy (non-hydrogen) atoms. The highest BCUT2D eigenvalue weighted by Gasteiger charge is 2.30. The number of pyridine rings is 1. The van der Waals surface area contributed by atoms with Crippen LogP contribution < -0.4 is 10.1 Å². The van der Waals surface area contributed by atoms with Gasteiger partial charge in [-0.3, -0.25) is 19.1 Å². The van der Waals surface area contributed by atoms with Crippen LogP contribution in [-0.2, 0) is 24.8 Å². The summed E-state index contributed by atoms with van der Waals surface area (Å²) in [6.07, 6.45) is 5.09. The van der Waals surface area contributed by atoms with Crippen molar-refractivity contribution in [2.45, 2.75) is 39.7 Å². The van der Waals surface area contributed by atoms with Crippen molar-refractivity contribution in [2.75, 3.05) is 59.2 Å². The zero-order valence-corrected chi connectivity index (χ0v) is 34.3. The minimum atomic E-state index is -1.09. The van der Waals surface area contributed by atoms with Gasteiger partial charge in [0, 0.05) is 92.4 Å². The summed E-state index contributed by atoms with van der Waals surface area (Å²) in [6.45, 7) is 6.70. The lowest BCUT2D eigenvalue weighted by atomic mass is 10.00. The molecule has 1 unspecified atom stereocenters. The van der Waals surface area contributed by atoms with E-state index in [9.17, 15) is 14.4 Å². The Morgan fingerprint density at radius 2 is 1.69 bits per heavy atom. The van der Waals surface area contributed by atoms with E-state index in [0.717, 1.165) is 25.1 Å². The van der Waals surface area contributed by atoms with Gasteiger partial charge in [0.05, 0.1) is 35.3 Å². The number of imidazole rings is 1. The maximum atomic E-state index is 15.8. The summed E-state index contributed by atoms with van der Waals surface area (Å²) < 4.78 is 39.7. The third kappa shape index (κ3) is 9.21. The number of nitrogens with zero attached hydrogens (tertiary/aromatic N) is 8. The van der Waals surface area contributed by atoms with Gasteiger partial charge in [-0.05, 0) is 70.7 Å². The largest absolute Gasteiger partial charge is 0.481 e. The Morgan fingerprint density at radius 1 is 0.983 bits per heavy atom. The first-order valence-electron chi connectivity index (χ1n) is 19.2. The van der Waals surface area contributed by atoms with Crippen molar-refractivity contribution in [3.63, 3.8) is 0 Å². The Bertz CT molecular complexity index is 2300. The number of carbonyl (C=O) groups excluding carboxylic acids is 3. The summed E-state index contributed by atoms with van der Waals surface area (Å²) in [5.74, 6) is -2.52. The molecule has 3 aromatic heterocycles. The molecule has 0 aliphatic carbocycles. The second kappa shape index (κ2) is 18.3. The SMILES string of the molecule is CCC(CCN(C)C)C(=O)N1CCN(C(=O)c2ccc(NC(=O)c3ncc(-c4ccc(-c5cn(CCc6cccc(OC)n6)nc5C)c(F)c4F)n3C)cc2Cl)CC1. The number of piperazine rings is 1. The van der Waals surface area contributed by atoms with Crippen LogP contribution in [0.2, 0.25) is 5.02 Å². The van der Waals surface area contributed by atoms with Crippen LogP contribution in [-0.4, -0.2) is 111 Å². The molecule has 13 nitrogen and oxygen atoms in total. The van der Waals surface area contributed by atoms with Gasteiger partial charge in [-0.1, -0.05) is 30.7 Å². The third-order valence-corrected chi connectivity index (χ3v) is 10.8. The third-order valence-electron chi connectivity index (χ3n) is 10.5. The Morgan fingerprint density at radius 3 is 2.38 bits per heavy atom. The molecule has 1 aliphatic heterocycles. The molecule has 1 N–H and O–H groups in total. The first-order chi connectivity index (χ1) is 27.8. The van der Waals surface area contributed by atoms with Gasteiger partial charge in [-0.15, -0.1) is 0 Å². The number of aryl methyl sites for hydroxylation is 3. The van der Waals surface area contributed by atoms with E-state index >= 15 is 8.78 Å².